The van der Waals surface area contributed by atoms with E-state index in [0.717, 1.165) is 23.8 Å². The number of likely N-dealkylation sites (N-methyl/N-ethyl adjacent to an activating group) is 1. The largest absolute Gasteiger partial charge is 0.313 e. The first-order valence-electron chi connectivity index (χ1n) is 6.40. The van der Waals surface area contributed by atoms with Crippen molar-refractivity contribution in [3.05, 3.63) is 10.8 Å². The van der Waals surface area contributed by atoms with Gasteiger partial charge in [-0.05, 0) is 23.5 Å². The molecule has 1 rings (SSSR count). The maximum Gasteiger partial charge on any atom is 0.145 e. The van der Waals surface area contributed by atoms with E-state index in [4.69, 9.17) is 0 Å². The third kappa shape index (κ3) is 4.36. The fourth-order valence-corrected chi connectivity index (χ4v) is 2.52. The zero-order valence-corrected chi connectivity index (χ0v) is 12.7. The van der Waals surface area contributed by atoms with Crippen molar-refractivity contribution < 1.29 is 0 Å². The van der Waals surface area contributed by atoms with Crippen LogP contribution in [-0.2, 0) is 6.42 Å². The summed E-state index contributed by atoms with van der Waals surface area (Å²) < 4.78 is 4.41. The molecular weight excluding hydrogens is 230 g/mol. The van der Waals surface area contributed by atoms with Crippen LogP contribution in [0.15, 0.2) is 0 Å². The van der Waals surface area contributed by atoms with Crippen molar-refractivity contribution >= 4 is 11.5 Å². The molecule has 0 amide bonds. The summed E-state index contributed by atoms with van der Waals surface area (Å²) in [6, 6.07) is 0.459. The molecule has 1 atom stereocenters. The Morgan fingerprint density at radius 2 is 1.94 bits per heavy atom. The van der Waals surface area contributed by atoms with E-state index in [1.807, 2.05) is 0 Å². The number of hydrogen-bond donors (Lipinski definition) is 1. The van der Waals surface area contributed by atoms with Crippen LogP contribution in [0, 0.1) is 5.41 Å². The average molecular weight is 255 g/mol. The van der Waals surface area contributed by atoms with Crippen LogP contribution in [0.5, 0.6) is 0 Å². The molecule has 0 saturated heterocycles. The zero-order chi connectivity index (χ0) is 13.1. The Bertz CT molecular complexity index is 339. The van der Waals surface area contributed by atoms with Crippen LogP contribution in [0.4, 0.5) is 0 Å². The van der Waals surface area contributed by atoms with Crippen molar-refractivity contribution in [3.63, 3.8) is 0 Å². The first-order chi connectivity index (χ1) is 7.84. The van der Waals surface area contributed by atoms with Crippen LogP contribution in [0.2, 0.25) is 0 Å². The molecule has 0 bridgehead atoms. The summed E-state index contributed by atoms with van der Waals surface area (Å²) in [4.78, 5) is 4.61. The highest BCUT2D eigenvalue weighted by molar-refractivity contribution is 7.05. The minimum absolute atomic E-state index is 0.250. The van der Waals surface area contributed by atoms with Crippen molar-refractivity contribution in [1.29, 1.82) is 0 Å². The molecule has 0 aliphatic heterocycles. The molecule has 17 heavy (non-hydrogen) atoms. The van der Waals surface area contributed by atoms with Gasteiger partial charge in [-0.3, -0.25) is 0 Å². The molecule has 0 radical (unpaired) electrons. The monoisotopic (exact) mass is 255 g/mol. The lowest BCUT2D eigenvalue weighted by Gasteiger charge is -2.30. The molecule has 1 aromatic rings. The van der Waals surface area contributed by atoms with E-state index in [1.165, 1.54) is 0 Å². The summed E-state index contributed by atoms with van der Waals surface area (Å²) in [7, 11) is 0. The van der Waals surface area contributed by atoms with E-state index in [1.54, 1.807) is 11.5 Å². The Morgan fingerprint density at radius 1 is 1.29 bits per heavy atom. The predicted molar refractivity (Wildman–Crippen MR) is 74.6 cm³/mol. The number of nitrogens with zero attached hydrogens (tertiary/aromatic N) is 2. The molecule has 0 fully saturated rings. The molecule has 0 aliphatic rings. The maximum atomic E-state index is 4.61. The second-order valence-corrected chi connectivity index (χ2v) is 6.72. The van der Waals surface area contributed by atoms with Gasteiger partial charge in [-0.2, -0.15) is 4.37 Å². The van der Waals surface area contributed by atoms with E-state index < -0.39 is 0 Å². The number of hydrogen-bond acceptors (Lipinski definition) is 4. The summed E-state index contributed by atoms with van der Waals surface area (Å²) in [6.07, 6.45) is 0.974. The third-order valence-electron chi connectivity index (χ3n) is 2.87. The molecule has 0 aliphatic carbocycles. The summed E-state index contributed by atoms with van der Waals surface area (Å²) >= 11 is 1.55. The fourth-order valence-electron chi connectivity index (χ4n) is 1.69. The molecule has 0 saturated carbocycles. The average Bonchev–Trinajstić information content (AvgIpc) is 2.64. The van der Waals surface area contributed by atoms with Crippen molar-refractivity contribution in [2.24, 2.45) is 5.41 Å². The summed E-state index contributed by atoms with van der Waals surface area (Å²) in [5.41, 5.74) is 0.250. The van der Waals surface area contributed by atoms with Crippen LogP contribution in [0.25, 0.3) is 0 Å². The van der Waals surface area contributed by atoms with E-state index in [9.17, 15) is 0 Å². The highest BCUT2D eigenvalue weighted by atomic mass is 32.1. The standard InChI is InChI=1S/C13H25N3S/c1-7-14-10(13(4,5)6)8-11-15-12(9(2)3)16-17-11/h9-10,14H,7-8H2,1-6H3. The van der Waals surface area contributed by atoms with Crippen molar-refractivity contribution in [2.75, 3.05) is 6.54 Å². The predicted octanol–water partition coefficient (Wildman–Crippen LogP) is 3.23. The topological polar surface area (TPSA) is 37.8 Å². The van der Waals surface area contributed by atoms with Gasteiger partial charge in [0.05, 0.1) is 0 Å². The van der Waals surface area contributed by atoms with Crippen molar-refractivity contribution in [2.45, 2.75) is 59.9 Å². The maximum absolute atomic E-state index is 4.61. The van der Waals surface area contributed by atoms with Crippen molar-refractivity contribution in [1.82, 2.24) is 14.7 Å². The van der Waals surface area contributed by atoms with E-state index in [-0.39, 0.29) is 5.41 Å². The first kappa shape index (κ1) is 14.6. The fraction of sp³-hybridized carbons (Fsp3) is 0.846. The van der Waals surface area contributed by atoms with Gasteiger partial charge in [0.25, 0.3) is 0 Å². The van der Waals surface area contributed by atoms with Gasteiger partial charge >= 0.3 is 0 Å². The van der Waals surface area contributed by atoms with E-state index >= 15 is 0 Å². The molecule has 0 spiro atoms. The van der Waals surface area contributed by atoms with Crippen LogP contribution < -0.4 is 5.32 Å². The van der Waals surface area contributed by atoms with Gasteiger partial charge in [-0.25, -0.2) is 4.98 Å². The van der Waals surface area contributed by atoms with Crippen molar-refractivity contribution in [3.8, 4) is 0 Å². The van der Waals surface area contributed by atoms with E-state index in [2.05, 4.69) is 56.2 Å². The molecule has 1 unspecified atom stereocenters. The van der Waals surface area contributed by atoms with Crippen LogP contribution in [0.1, 0.15) is 58.3 Å². The normalized spacial score (nSPS) is 14.3. The van der Waals surface area contributed by atoms with Gasteiger partial charge in [-0.1, -0.05) is 41.5 Å². The molecular formula is C13H25N3S. The number of rotatable bonds is 5. The Kier molecular flexibility index (Phi) is 5.07. The Balaban J connectivity index is 2.72. The van der Waals surface area contributed by atoms with Gasteiger partial charge in [0.1, 0.15) is 10.8 Å². The SMILES string of the molecule is CCNC(Cc1nc(C(C)C)ns1)C(C)(C)C. The lowest BCUT2D eigenvalue weighted by Crippen LogP contribution is -2.41. The smallest absolute Gasteiger partial charge is 0.145 e. The lowest BCUT2D eigenvalue weighted by atomic mass is 9.85. The van der Waals surface area contributed by atoms with E-state index in [0.29, 0.717) is 12.0 Å². The summed E-state index contributed by atoms with van der Waals surface area (Å²) in [5, 5.41) is 4.70. The number of aromatic nitrogens is 2. The molecule has 1 heterocycles. The zero-order valence-electron chi connectivity index (χ0n) is 11.9. The van der Waals surface area contributed by atoms with Gasteiger partial charge < -0.3 is 5.32 Å². The summed E-state index contributed by atoms with van der Waals surface area (Å²) in [5.74, 6) is 1.40. The molecule has 1 N–H and O–H groups in total. The minimum atomic E-state index is 0.250. The molecule has 4 heteroatoms. The van der Waals surface area contributed by atoms with Crippen LogP contribution in [0.3, 0.4) is 0 Å². The van der Waals surface area contributed by atoms with Crippen LogP contribution >= 0.6 is 11.5 Å². The van der Waals surface area contributed by atoms with Gasteiger partial charge in [0, 0.05) is 18.4 Å². The van der Waals surface area contributed by atoms with Gasteiger partial charge in [-0.15, -0.1) is 0 Å². The Hall–Kier alpha value is -0.480. The molecule has 0 aromatic carbocycles. The molecule has 1 aromatic heterocycles. The Morgan fingerprint density at radius 3 is 2.35 bits per heavy atom. The second kappa shape index (κ2) is 5.91. The molecule has 98 valence electrons. The third-order valence-corrected chi connectivity index (χ3v) is 3.62. The second-order valence-electron chi connectivity index (χ2n) is 5.88. The summed E-state index contributed by atoms with van der Waals surface area (Å²) in [6.45, 7) is 14.2. The Labute approximate surface area is 109 Å². The lowest BCUT2D eigenvalue weighted by molar-refractivity contribution is 0.270. The van der Waals surface area contributed by atoms with Gasteiger partial charge in [0.2, 0.25) is 0 Å². The molecule has 3 nitrogen and oxygen atoms in total. The highest BCUT2D eigenvalue weighted by Crippen LogP contribution is 2.24. The van der Waals surface area contributed by atoms with Crippen LogP contribution in [-0.4, -0.2) is 21.9 Å². The van der Waals surface area contributed by atoms with Gasteiger partial charge in [0.15, 0.2) is 0 Å². The minimum Gasteiger partial charge on any atom is -0.313 e. The quantitative estimate of drug-likeness (QED) is 0.878. The highest BCUT2D eigenvalue weighted by Gasteiger charge is 2.25. The first-order valence-corrected chi connectivity index (χ1v) is 7.17. The number of nitrogens with one attached hydrogen (secondary N) is 1.